The number of rotatable bonds is 4. The van der Waals surface area contributed by atoms with Crippen LogP contribution in [0.15, 0.2) is 12.5 Å². The normalized spacial score (nSPS) is 23.8. The molecule has 96 valence electrons. The van der Waals surface area contributed by atoms with E-state index in [4.69, 9.17) is 10.5 Å². The van der Waals surface area contributed by atoms with Crippen LogP contribution in [0.1, 0.15) is 25.6 Å². The minimum atomic E-state index is 0.254. The van der Waals surface area contributed by atoms with Crippen LogP contribution in [0.3, 0.4) is 0 Å². The Bertz CT molecular complexity index is 352. The largest absolute Gasteiger partial charge is 0.376 e. The minimum absolute atomic E-state index is 0.254. The zero-order valence-corrected chi connectivity index (χ0v) is 10.7. The van der Waals surface area contributed by atoms with Gasteiger partial charge in [-0.15, -0.1) is 0 Å². The highest BCUT2D eigenvalue weighted by Crippen LogP contribution is 2.21. The van der Waals surface area contributed by atoms with Crippen molar-refractivity contribution in [2.75, 3.05) is 26.2 Å². The summed E-state index contributed by atoms with van der Waals surface area (Å²) in [5, 5.41) is 0. The maximum atomic E-state index is 5.94. The molecule has 2 heterocycles. The van der Waals surface area contributed by atoms with Gasteiger partial charge in [-0.3, -0.25) is 4.90 Å². The third kappa shape index (κ3) is 2.68. The lowest BCUT2D eigenvalue weighted by Crippen LogP contribution is -2.45. The van der Waals surface area contributed by atoms with E-state index in [-0.39, 0.29) is 12.1 Å². The van der Waals surface area contributed by atoms with E-state index in [1.807, 2.05) is 12.5 Å². The number of aromatic nitrogens is 2. The number of aryl methyl sites for hydroxylation is 1. The number of nitrogens with two attached hydrogens (primary N) is 1. The van der Waals surface area contributed by atoms with Gasteiger partial charge < -0.3 is 15.0 Å². The molecule has 2 rings (SSSR count). The summed E-state index contributed by atoms with van der Waals surface area (Å²) in [6.07, 6.45) is 4.10. The highest BCUT2D eigenvalue weighted by Gasteiger charge is 2.26. The Morgan fingerprint density at radius 2 is 2.47 bits per heavy atom. The topological polar surface area (TPSA) is 56.3 Å². The summed E-state index contributed by atoms with van der Waals surface area (Å²) < 4.78 is 7.74. The van der Waals surface area contributed by atoms with Crippen LogP contribution in [0, 0.1) is 0 Å². The van der Waals surface area contributed by atoms with Gasteiger partial charge in [-0.2, -0.15) is 0 Å². The molecule has 0 bridgehead atoms. The molecule has 0 saturated carbocycles. The van der Waals surface area contributed by atoms with Crippen molar-refractivity contribution in [3.63, 3.8) is 0 Å². The van der Waals surface area contributed by atoms with Crippen molar-refractivity contribution in [2.24, 2.45) is 5.73 Å². The number of nitrogens with zero attached hydrogens (tertiary/aromatic N) is 3. The average Bonchev–Trinajstić information content (AvgIpc) is 2.78. The van der Waals surface area contributed by atoms with Gasteiger partial charge in [-0.05, 0) is 13.8 Å². The average molecular weight is 238 g/mol. The number of ether oxygens (including phenoxy) is 1. The van der Waals surface area contributed by atoms with E-state index in [2.05, 4.69) is 28.3 Å². The highest BCUT2D eigenvalue weighted by atomic mass is 16.5. The molecule has 0 amide bonds. The van der Waals surface area contributed by atoms with Gasteiger partial charge in [0.25, 0.3) is 0 Å². The first kappa shape index (κ1) is 12.5. The van der Waals surface area contributed by atoms with E-state index in [0.717, 1.165) is 26.2 Å². The molecule has 2 unspecified atom stereocenters. The summed E-state index contributed by atoms with van der Waals surface area (Å²) in [6, 6.07) is 0.254. The first-order valence-electron chi connectivity index (χ1n) is 6.32. The van der Waals surface area contributed by atoms with E-state index in [1.54, 1.807) is 0 Å². The summed E-state index contributed by atoms with van der Waals surface area (Å²) in [5.74, 6) is 0. The Morgan fingerprint density at radius 1 is 1.65 bits per heavy atom. The lowest BCUT2D eigenvalue weighted by atomic mass is 10.1. The van der Waals surface area contributed by atoms with Crippen molar-refractivity contribution in [3.8, 4) is 0 Å². The van der Waals surface area contributed by atoms with Gasteiger partial charge in [0, 0.05) is 32.4 Å². The SMILES string of the molecule is CCn1cncc1C(CN)N1CCOC(C)C1. The zero-order chi connectivity index (χ0) is 12.3. The predicted octanol–water partition coefficient (Wildman–Crippen LogP) is 0.624. The molecule has 1 aromatic heterocycles. The van der Waals surface area contributed by atoms with Crippen molar-refractivity contribution >= 4 is 0 Å². The molecule has 0 aromatic carbocycles. The lowest BCUT2D eigenvalue weighted by molar-refractivity contribution is -0.0343. The summed E-state index contributed by atoms with van der Waals surface area (Å²) in [6.45, 7) is 8.47. The molecule has 2 atom stereocenters. The van der Waals surface area contributed by atoms with Crippen LogP contribution in [0.5, 0.6) is 0 Å². The van der Waals surface area contributed by atoms with Crippen LogP contribution in [-0.4, -0.2) is 46.8 Å². The lowest BCUT2D eigenvalue weighted by Gasteiger charge is -2.36. The van der Waals surface area contributed by atoms with E-state index >= 15 is 0 Å². The molecular weight excluding hydrogens is 216 g/mol. The minimum Gasteiger partial charge on any atom is -0.376 e. The first-order chi connectivity index (χ1) is 8.26. The second kappa shape index (κ2) is 5.62. The molecule has 2 N–H and O–H groups in total. The van der Waals surface area contributed by atoms with Crippen LogP contribution in [0.25, 0.3) is 0 Å². The molecule has 5 nitrogen and oxygen atoms in total. The van der Waals surface area contributed by atoms with Crippen molar-refractivity contribution in [3.05, 3.63) is 18.2 Å². The Morgan fingerprint density at radius 3 is 3.12 bits per heavy atom. The standard InChI is InChI=1S/C12H22N4O/c1-3-15-9-14-7-12(15)11(6-13)16-4-5-17-10(2)8-16/h7,9-11H,3-6,8,13H2,1-2H3. The smallest absolute Gasteiger partial charge is 0.0948 e. The molecule has 5 heteroatoms. The maximum absolute atomic E-state index is 5.94. The number of hydrogen-bond acceptors (Lipinski definition) is 4. The van der Waals surface area contributed by atoms with Gasteiger partial charge in [0.1, 0.15) is 0 Å². The monoisotopic (exact) mass is 238 g/mol. The van der Waals surface area contributed by atoms with Crippen LogP contribution in [0.2, 0.25) is 0 Å². The summed E-state index contributed by atoms with van der Waals surface area (Å²) in [5.41, 5.74) is 7.15. The second-order valence-corrected chi connectivity index (χ2v) is 4.53. The molecular formula is C12H22N4O. The van der Waals surface area contributed by atoms with Crippen LogP contribution in [0.4, 0.5) is 0 Å². The summed E-state index contributed by atoms with van der Waals surface area (Å²) in [7, 11) is 0. The Hall–Kier alpha value is -0.910. The van der Waals surface area contributed by atoms with E-state index in [1.165, 1.54) is 5.69 Å². The second-order valence-electron chi connectivity index (χ2n) is 4.53. The molecule has 1 fully saturated rings. The summed E-state index contributed by atoms with van der Waals surface area (Å²) in [4.78, 5) is 6.63. The van der Waals surface area contributed by atoms with Gasteiger partial charge in [0.2, 0.25) is 0 Å². The van der Waals surface area contributed by atoms with Crippen molar-refractivity contribution in [2.45, 2.75) is 32.5 Å². The van der Waals surface area contributed by atoms with Gasteiger partial charge in [-0.25, -0.2) is 4.98 Å². The number of imidazole rings is 1. The van der Waals surface area contributed by atoms with Crippen molar-refractivity contribution in [1.29, 1.82) is 0 Å². The van der Waals surface area contributed by atoms with Gasteiger partial charge in [0.05, 0.1) is 30.8 Å². The predicted molar refractivity (Wildman–Crippen MR) is 66.7 cm³/mol. The fourth-order valence-electron chi connectivity index (χ4n) is 2.46. The summed E-state index contributed by atoms with van der Waals surface area (Å²) >= 11 is 0. The van der Waals surface area contributed by atoms with E-state index in [9.17, 15) is 0 Å². The molecule has 0 spiro atoms. The molecule has 1 aromatic rings. The third-order valence-electron chi connectivity index (χ3n) is 3.36. The van der Waals surface area contributed by atoms with E-state index < -0.39 is 0 Å². The Kier molecular flexibility index (Phi) is 4.15. The molecule has 17 heavy (non-hydrogen) atoms. The number of morpholine rings is 1. The molecule has 1 aliphatic rings. The van der Waals surface area contributed by atoms with Crippen molar-refractivity contribution < 1.29 is 4.74 Å². The fraction of sp³-hybridized carbons (Fsp3) is 0.750. The zero-order valence-electron chi connectivity index (χ0n) is 10.7. The molecule has 0 radical (unpaired) electrons. The van der Waals surface area contributed by atoms with Gasteiger partial charge >= 0.3 is 0 Å². The molecule has 1 aliphatic heterocycles. The Labute approximate surface area is 103 Å². The third-order valence-corrected chi connectivity index (χ3v) is 3.36. The van der Waals surface area contributed by atoms with Crippen molar-refractivity contribution in [1.82, 2.24) is 14.5 Å². The number of hydrogen-bond donors (Lipinski definition) is 1. The molecule has 1 saturated heterocycles. The first-order valence-corrected chi connectivity index (χ1v) is 6.32. The van der Waals surface area contributed by atoms with Crippen LogP contribution < -0.4 is 5.73 Å². The quantitative estimate of drug-likeness (QED) is 0.835. The highest BCUT2D eigenvalue weighted by molar-refractivity contribution is 5.07. The van der Waals surface area contributed by atoms with E-state index in [0.29, 0.717) is 6.54 Å². The van der Waals surface area contributed by atoms with Gasteiger partial charge in [-0.1, -0.05) is 0 Å². The van der Waals surface area contributed by atoms with Gasteiger partial charge in [0.15, 0.2) is 0 Å². The fourth-order valence-corrected chi connectivity index (χ4v) is 2.46. The molecule has 0 aliphatic carbocycles. The maximum Gasteiger partial charge on any atom is 0.0948 e. The van der Waals surface area contributed by atoms with Crippen LogP contribution >= 0.6 is 0 Å². The Balaban J connectivity index is 2.15. The van der Waals surface area contributed by atoms with Crippen LogP contribution in [-0.2, 0) is 11.3 Å².